The number of benzene rings is 1. The van der Waals surface area contributed by atoms with Crippen LogP contribution in [0.3, 0.4) is 0 Å². The molecule has 0 bridgehead atoms. The largest absolute Gasteiger partial charge is 0.481 e. The zero-order chi connectivity index (χ0) is 22.4. The fraction of sp³-hybridized carbons (Fsp3) is 0.333. The number of nitrogens with zero attached hydrogens (tertiary/aromatic N) is 3. The molecule has 1 aromatic carbocycles. The van der Waals surface area contributed by atoms with E-state index in [1.807, 2.05) is 31.2 Å². The molecule has 2 aromatic heterocycles. The van der Waals surface area contributed by atoms with Crippen LogP contribution in [0.1, 0.15) is 50.9 Å². The summed E-state index contributed by atoms with van der Waals surface area (Å²) in [5, 5.41) is 14.6. The van der Waals surface area contributed by atoms with Crippen molar-refractivity contribution in [3.05, 3.63) is 67.2 Å². The first-order valence-corrected chi connectivity index (χ1v) is 11.7. The summed E-state index contributed by atoms with van der Waals surface area (Å²) in [6, 6.07) is 5.75. The Hall–Kier alpha value is -2.45. The topological polar surface area (TPSA) is 71.1 Å². The van der Waals surface area contributed by atoms with Crippen LogP contribution in [0.2, 0.25) is 5.02 Å². The highest BCUT2D eigenvalue weighted by Crippen LogP contribution is 2.48. The molecule has 166 valence electrons. The highest BCUT2D eigenvalue weighted by Gasteiger charge is 2.35. The summed E-state index contributed by atoms with van der Waals surface area (Å²) in [4.78, 5) is 8.20. The molecule has 2 aliphatic rings. The van der Waals surface area contributed by atoms with Crippen LogP contribution < -0.4 is 4.74 Å². The van der Waals surface area contributed by atoms with Gasteiger partial charge in [0.2, 0.25) is 0 Å². The van der Waals surface area contributed by atoms with Gasteiger partial charge >= 0.3 is 0 Å². The van der Waals surface area contributed by atoms with Gasteiger partial charge in [-0.15, -0.1) is 11.3 Å². The minimum atomic E-state index is -0.239. The van der Waals surface area contributed by atoms with Crippen molar-refractivity contribution in [1.82, 2.24) is 10.1 Å². The summed E-state index contributed by atoms with van der Waals surface area (Å²) in [6.07, 6.45) is 3.34. The standard InChI is InChI=1S/C24H24ClN3O3S/c1-4-16(24-20(26-2)10-15(12-29)32-24)17-9-14(25)7-13-8-21(30-22(13)17)23-18-11-28(3)6-5-19(18)27-31-23/h4,7,9-10,21,29H,2,5-6,8,11-12H2,1,3H3/b16-4-. The number of hydrogen-bond acceptors (Lipinski definition) is 7. The van der Waals surface area contributed by atoms with Crippen LogP contribution in [-0.2, 0) is 26.0 Å². The molecule has 0 aliphatic carbocycles. The van der Waals surface area contributed by atoms with Crippen molar-refractivity contribution in [2.75, 3.05) is 13.6 Å². The molecule has 4 heterocycles. The maximum absolute atomic E-state index is 9.61. The molecule has 0 saturated carbocycles. The van der Waals surface area contributed by atoms with Gasteiger partial charge in [-0.2, -0.15) is 0 Å². The molecule has 8 heteroatoms. The summed E-state index contributed by atoms with van der Waals surface area (Å²) in [5.74, 6) is 1.61. The van der Waals surface area contributed by atoms with Crippen molar-refractivity contribution in [3.8, 4) is 5.75 Å². The molecule has 5 rings (SSSR count). The second-order valence-corrected chi connectivity index (χ2v) is 9.73. The second kappa shape index (κ2) is 8.48. The number of allylic oxidation sites excluding steroid dienone is 1. The van der Waals surface area contributed by atoms with Gasteiger partial charge in [0.05, 0.1) is 22.9 Å². The molecule has 0 spiro atoms. The van der Waals surface area contributed by atoms with Crippen molar-refractivity contribution in [2.24, 2.45) is 4.99 Å². The Labute approximate surface area is 195 Å². The predicted molar refractivity (Wildman–Crippen MR) is 127 cm³/mol. The number of ether oxygens (including phenoxy) is 1. The van der Waals surface area contributed by atoms with E-state index in [1.54, 1.807) is 0 Å². The third-order valence-corrected chi connectivity index (χ3v) is 7.42. The van der Waals surface area contributed by atoms with E-state index < -0.39 is 0 Å². The van der Waals surface area contributed by atoms with Gasteiger partial charge in [0.25, 0.3) is 0 Å². The third-order valence-electron chi connectivity index (χ3n) is 6.06. The molecule has 32 heavy (non-hydrogen) atoms. The SMILES string of the molecule is C=Nc1cc(CO)sc1/C(=C\C)c1cc(Cl)cc2c1OC(c1onc3c1CN(C)CC3)C2. The number of fused-ring (bicyclic) bond motifs is 2. The first-order valence-electron chi connectivity index (χ1n) is 10.5. The maximum Gasteiger partial charge on any atom is 0.182 e. The molecular formula is C24H24ClN3O3S. The molecule has 0 radical (unpaired) electrons. The van der Waals surface area contributed by atoms with E-state index in [9.17, 15) is 5.11 Å². The molecular weight excluding hydrogens is 446 g/mol. The molecule has 0 saturated heterocycles. The number of aliphatic hydroxyl groups excluding tert-OH is 1. The predicted octanol–water partition coefficient (Wildman–Crippen LogP) is 5.33. The van der Waals surface area contributed by atoms with Gasteiger partial charge < -0.3 is 19.3 Å². The van der Waals surface area contributed by atoms with E-state index in [0.29, 0.717) is 11.4 Å². The summed E-state index contributed by atoms with van der Waals surface area (Å²) >= 11 is 8.03. The lowest BCUT2D eigenvalue weighted by Gasteiger charge is -2.22. The van der Waals surface area contributed by atoms with E-state index >= 15 is 0 Å². The molecule has 6 nitrogen and oxygen atoms in total. The fourth-order valence-electron chi connectivity index (χ4n) is 4.52. The molecule has 0 amide bonds. The lowest BCUT2D eigenvalue weighted by molar-refractivity contribution is 0.186. The lowest BCUT2D eigenvalue weighted by atomic mass is 9.97. The van der Waals surface area contributed by atoms with Gasteiger partial charge in [0, 0.05) is 58.1 Å². The Morgan fingerprint density at radius 2 is 2.28 bits per heavy atom. The Balaban J connectivity index is 1.55. The Morgan fingerprint density at radius 1 is 1.44 bits per heavy atom. The minimum absolute atomic E-state index is 0.0402. The summed E-state index contributed by atoms with van der Waals surface area (Å²) in [7, 11) is 2.10. The third kappa shape index (κ3) is 3.59. The summed E-state index contributed by atoms with van der Waals surface area (Å²) in [6.45, 7) is 7.42. The molecule has 2 aliphatic heterocycles. The number of likely N-dealkylation sites (N-methyl/N-ethyl adjacent to an activating group) is 1. The van der Waals surface area contributed by atoms with E-state index in [-0.39, 0.29) is 12.7 Å². The number of thiophene rings is 1. The van der Waals surface area contributed by atoms with Gasteiger partial charge in [0.15, 0.2) is 11.9 Å². The summed E-state index contributed by atoms with van der Waals surface area (Å²) < 4.78 is 12.3. The van der Waals surface area contributed by atoms with E-state index in [1.165, 1.54) is 11.3 Å². The van der Waals surface area contributed by atoms with Crippen molar-refractivity contribution in [2.45, 2.75) is 39.0 Å². The number of hydrogen-bond donors (Lipinski definition) is 1. The minimum Gasteiger partial charge on any atom is -0.481 e. The van der Waals surface area contributed by atoms with Crippen LogP contribution >= 0.6 is 22.9 Å². The van der Waals surface area contributed by atoms with Crippen molar-refractivity contribution in [3.63, 3.8) is 0 Å². The van der Waals surface area contributed by atoms with Crippen LogP contribution in [0.15, 0.2) is 33.8 Å². The van der Waals surface area contributed by atoms with Gasteiger partial charge in [-0.1, -0.05) is 22.8 Å². The number of aliphatic hydroxyl groups is 1. The molecule has 1 unspecified atom stereocenters. The van der Waals surface area contributed by atoms with Crippen molar-refractivity contribution >= 4 is 40.9 Å². The van der Waals surface area contributed by atoms with Crippen LogP contribution in [0, 0.1) is 0 Å². The smallest absolute Gasteiger partial charge is 0.182 e. The number of aliphatic imine (C=N–C) groups is 1. The number of aromatic nitrogens is 1. The molecule has 3 aromatic rings. The van der Waals surface area contributed by atoms with Crippen LogP contribution in [0.5, 0.6) is 5.75 Å². The summed E-state index contributed by atoms with van der Waals surface area (Å²) in [5.41, 5.74) is 5.80. The van der Waals surface area contributed by atoms with Crippen LogP contribution in [0.25, 0.3) is 5.57 Å². The van der Waals surface area contributed by atoms with Gasteiger partial charge in [-0.3, -0.25) is 4.99 Å². The van der Waals surface area contributed by atoms with Gasteiger partial charge in [-0.25, -0.2) is 0 Å². The van der Waals surface area contributed by atoms with Crippen LogP contribution in [0.4, 0.5) is 5.69 Å². The van der Waals surface area contributed by atoms with E-state index in [2.05, 4.69) is 28.8 Å². The van der Waals surface area contributed by atoms with Gasteiger partial charge in [0.1, 0.15) is 5.75 Å². The zero-order valence-electron chi connectivity index (χ0n) is 18.0. The van der Waals surface area contributed by atoms with Crippen molar-refractivity contribution in [1.29, 1.82) is 0 Å². The Bertz CT molecular complexity index is 1230. The van der Waals surface area contributed by atoms with Gasteiger partial charge in [-0.05, 0) is 38.9 Å². The maximum atomic E-state index is 9.61. The Kier molecular flexibility index (Phi) is 5.67. The highest BCUT2D eigenvalue weighted by molar-refractivity contribution is 7.13. The zero-order valence-corrected chi connectivity index (χ0v) is 19.6. The van der Waals surface area contributed by atoms with E-state index in [4.69, 9.17) is 20.9 Å². The van der Waals surface area contributed by atoms with Crippen LogP contribution in [-0.4, -0.2) is 35.5 Å². The molecule has 1 N–H and O–H groups in total. The monoisotopic (exact) mass is 469 g/mol. The van der Waals surface area contributed by atoms with E-state index in [0.717, 1.165) is 74.4 Å². The lowest BCUT2D eigenvalue weighted by Crippen LogP contribution is -2.27. The second-order valence-electron chi connectivity index (χ2n) is 8.16. The molecule has 1 atom stereocenters. The highest BCUT2D eigenvalue weighted by atomic mass is 35.5. The Morgan fingerprint density at radius 3 is 3.03 bits per heavy atom. The average molecular weight is 470 g/mol. The molecule has 0 fully saturated rings. The first kappa shape index (κ1) is 21.4. The number of rotatable bonds is 5. The average Bonchev–Trinajstić information content (AvgIpc) is 3.49. The first-order chi connectivity index (χ1) is 15.5. The quantitative estimate of drug-likeness (QED) is 0.511. The normalized spacial score (nSPS) is 18.4. The van der Waals surface area contributed by atoms with Crippen molar-refractivity contribution < 1.29 is 14.4 Å². The number of halogens is 1. The fourth-order valence-corrected chi connectivity index (χ4v) is 5.82.